The molecule has 3 aromatic rings. The second kappa shape index (κ2) is 9.03. The molecule has 0 spiro atoms. The van der Waals surface area contributed by atoms with E-state index in [9.17, 15) is 9.18 Å². The van der Waals surface area contributed by atoms with Crippen LogP contribution in [-0.4, -0.2) is 40.4 Å². The van der Waals surface area contributed by atoms with Crippen LogP contribution in [-0.2, 0) is 0 Å². The van der Waals surface area contributed by atoms with Crippen LogP contribution in [0.15, 0.2) is 24.5 Å². The number of fused-ring (bicyclic) bond motifs is 1. The maximum Gasteiger partial charge on any atom is 0.191 e. The quantitative estimate of drug-likeness (QED) is 0.413. The summed E-state index contributed by atoms with van der Waals surface area (Å²) < 4.78 is 19.3. The lowest BCUT2D eigenvalue weighted by Gasteiger charge is -2.15. The zero-order valence-electron chi connectivity index (χ0n) is 16.0. The summed E-state index contributed by atoms with van der Waals surface area (Å²) in [6.07, 6.45) is 2.45. The number of benzene rings is 1. The molecule has 28 heavy (non-hydrogen) atoms. The van der Waals surface area contributed by atoms with Crippen LogP contribution < -0.4 is 15.4 Å². The monoisotopic (exact) mass is 403 g/mol. The molecule has 2 N–H and O–H groups in total. The Labute approximate surface area is 166 Å². The average Bonchev–Trinajstić information content (AvgIpc) is 3.09. The number of anilines is 2. The fourth-order valence-corrected chi connectivity index (χ4v) is 3.45. The lowest BCUT2D eigenvalue weighted by atomic mass is 10.2. The van der Waals surface area contributed by atoms with E-state index in [0.717, 1.165) is 13.0 Å². The first-order valence-corrected chi connectivity index (χ1v) is 9.82. The van der Waals surface area contributed by atoms with Crippen molar-refractivity contribution in [3.05, 3.63) is 35.4 Å². The molecule has 9 heteroatoms. The number of nitrogens with zero attached hydrogens (tertiary/aromatic N) is 3. The minimum atomic E-state index is -0.392. The molecule has 0 radical (unpaired) electrons. The van der Waals surface area contributed by atoms with Crippen LogP contribution in [0.5, 0.6) is 5.75 Å². The number of carbonyl (C=O) groups is 1. The second-order valence-corrected chi connectivity index (χ2v) is 7.43. The molecule has 2 aromatic heterocycles. The fourth-order valence-electron chi connectivity index (χ4n) is 2.58. The third-order valence-corrected chi connectivity index (χ3v) is 4.83. The second-order valence-electron chi connectivity index (χ2n) is 6.46. The van der Waals surface area contributed by atoms with Crippen LogP contribution >= 0.6 is 11.3 Å². The Kier molecular flexibility index (Phi) is 6.48. The largest absolute Gasteiger partial charge is 0.489 e. The topological polar surface area (TPSA) is 89.0 Å². The number of rotatable bonds is 9. The summed E-state index contributed by atoms with van der Waals surface area (Å²) in [5, 5.41) is 6.56. The number of hydrogen-bond acceptors (Lipinski definition) is 8. The van der Waals surface area contributed by atoms with E-state index in [1.54, 1.807) is 6.07 Å². The molecule has 0 unspecified atom stereocenters. The van der Waals surface area contributed by atoms with Gasteiger partial charge in [0.1, 0.15) is 28.2 Å². The molecule has 2 heterocycles. The SMILES string of the molecule is CNCCCC(=O)c1nc2c(Nc3ccc(F)cc3OC(C)C)ncnc2s1. The molecular weight excluding hydrogens is 381 g/mol. The van der Waals surface area contributed by atoms with E-state index < -0.39 is 5.82 Å². The summed E-state index contributed by atoms with van der Waals surface area (Å²) in [7, 11) is 1.85. The minimum Gasteiger partial charge on any atom is -0.489 e. The summed E-state index contributed by atoms with van der Waals surface area (Å²) in [6, 6.07) is 4.24. The van der Waals surface area contributed by atoms with Crippen LogP contribution in [0.3, 0.4) is 0 Å². The van der Waals surface area contributed by atoms with E-state index in [-0.39, 0.29) is 11.9 Å². The van der Waals surface area contributed by atoms with Crippen molar-refractivity contribution >= 4 is 39.0 Å². The Hall–Kier alpha value is -2.65. The zero-order valence-corrected chi connectivity index (χ0v) is 16.8. The first-order valence-electron chi connectivity index (χ1n) is 9.00. The van der Waals surface area contributed by atoms with E-state index >= 15 is 0 Å². The zero-order chi connectivity index (χ0) is 20.1. The fraction of sp³-hybridized carbons (Fsp3) is 0.368. The normalized spacial score (nSPS) is 11.2. The molecule has 0 atom stereocenters. The number of ketones is 1. The predicted octanol–water partition coefficient (Wildman–Crippen LogP) is 3.94. The third kappa shape index (κ3) is 4.79. The van der Waals surface area contributed by atoms with E-state index in [4.69, 9.17) is 4.74 Å². The van der Waals surface area contributed by atoms with Gasteiger partial charge in [0.15, 0.2) is 16.6 Å². The van der Waals surface area contributed by atoms with Crippen LogP contribution in [0.1, 0.15) is 36.5 Å². The Bertz CT molecular complexity index is 976. The molecule has 0 fully saturated rings. The van der Waals surface area contributed by atoms with Gasteiger partial charge in [-0.1, -0.05) is 11.3 Å². The van der Waals surface area contributed by atoms with Crippen molar-refractivity contribution in [3.63, 3.8) is 0 Å². The number of hydrogen-bond donors (Lipinski definition) is 2. The van der Waals surface area contributed by atoms with Crippen molar-refractivity contribution < 1.29 is 13.9 Å². The molecule has 0 aliphatic heterocycles. The summed E-state index contributed by atoms with van der Waals surface area (Å²) in [6.45, 7) is 4.50. The van der Waals surface area contributed by atoms with Crippen molar-refractivity contribution in [2.45, 2.75) is 32.8 Å². The minimum absolute atomic E-state index is 0.0187. The Morgan fingerprint density at radius 2 is 2.14 bits per heavy atom. The number of nitrogens with one attached hydrogen (secondary N) is 2. The molecule has 0 amide bonds. The van der Waals surface area contributed by atoms with Gasteiger partial charge >= 0.3 is 0 Å². The Morgan fingerprint density at radius 1 is 1.32 bits per heavy atom. The molecule has 3 rings (SSSR count). The van der Waals surface area contributed by atoms with Gasteiger partial charge in [-0.2, -0.15) is 0 Å². The highest BCUT2D eigenvalue weighted by atomic mass is 32.1. The van der Waals surface area contributed by atoms with Crippen LogP contribution in [0.25, 0.3) is 10.3 Å². The maximum absolute atomic E-state index is 13.6. The van der Waals surface area contributed by atoms with Gasteiger partial charge in [0.2, 0.25) is 0 Å². The number of aromatic nitrogens is 3. The van der Waals surface area contributed by atoms with Gasteiger partial charge in [-0.05, 0) is 46.0 Å². The van der Waals surface area contributed by atoms with Gasteiger partial charge in [-0.25, -0.2) is 19.3 Å². The summed E-state index contributed by atoms with van der Waals surface area (Å²) in [4.78, 5) is 25.9. The van der Waals surface area contributed by atoms with Crippen molar-refractivity contribution in [2.75, 3.05) is 18.9 Å². The van der Waals surface area contributed by atoms with Gasteiger partial charge in [0.05, 0.1) is 11.8 Å². The summed E-state index contributed by atoms with van der Waals surface area (Å²) in [5.41, 5.74) is 1.06. The maximum atomic E-state index is 13.6. The van der Waals surface area contributed by atoms with Gasteiger partial charge in [0, 0.05) is 12.5 Å². The number of Topliss-reactive ketones (excluding diaryl/α,β-unsaturated/α-hetero) is 1. The van der Waals surface area contributed by atoms with Crippen LogP contribution in [0.2, 0.25) is 0 Å². The molecule has 0 aliphatic carbocycles. The van der Waals surface area contributed by atoms with E-state index in [1.165, 1.54) is 29.8 Å². The highest BCUT2D eigenvalue weighted by Gasteiger charge is 2.17. The molecule has 148 valence electrons. The van der Waals surface area contributed by atoms with Gasteiger partial charge in [0.25, 0.3) is 0 Å². The highest BCUT2D eigenvalue weighted by Crippen LogP contribution is 2.32. The molecule has 1 aromatic carbocycles. The van der Waals surface area contributed by atoms with Crippen molar-refractivity contribution in [3.8, 4) is 5.75 Å². The average molecular weight is 403 g/mol. The Morgan fingerprint density at radius 3 is 2.89 bits per heavy atom. The number of ether oxygens (including phenoxy) is 1. The predicted molar refractivity (Wildman–Crippen MR) is 108 cm³/mol. The van der Waals surface area contributed by atoms with Crippen molar-refractivity contribution in [2.24, 2.45) is 0 Å². The molecule has 0 aliphatic rings. The van der Waals surface area contributed by atoms with E-state index in [2.05, 4.69) is 25.6 Å². The summed E-state index contributed by atoms with van der Waals surface area (Å²) in [5.74, 6) is 0.406. The van der Waals surface area contributed by atoms with E-state index in [0.29, 0.717) is 39.0 Å². The van der Waals surface area contributed by atoms with Crippen molar-refractivity contribution in [1.29, 1.82) is 0 Å². The van der Waals surface area contributed by atoms with Gasteiger partial charge in [-0.3, -0.25) is 4.79 Å². The van der Waals surface area contributed by atoms with Gasteiger partial charge < -0.3 is 15.4 Å². The van der Waals surface area contributed by atoms with Crippen molar-refractivity contribution in [1.82, 2.24) is 20.3 Å². The highest BCUT2D eigenvalue weighted by molar-refractivity contribution is 7.20. The molecule has 7 nitrogen and oxygen atoms in total. The summed E-state index contributed by atoms with van der Waals surface area (Å²) >= 11 is 1.24. The standard InChI is InChI=1S/C19H22FN5O2S/c1-11(2)27-15-9-12(20)6-7-13(15)24-17-16-19(23-10-22-17)28-18(25-16)14(26)5-4-8-21-3/h6-7,9-11,21H,4-5,8H2,1-3H3,(H,22,23,24). The first-order chi connectivity index (χ1) is 13.5. The number of halogens is 1. The number of carbonyl (C=O) groups excluding carboxylic acids is 1. The van der Waals surface area contributed by atoms with E-state index in [1.807, 2.05) is 20.9 Å². The molecule has 0 saturated heterocycles. The molecular formula is C19H22FN5O2S. The number of thiazole rings is 1. The van der Waals surface area contributed by atoms with Crippen LogP contribution in [0, 0.1) is 5.82 Å². The lowest BCUT2D eigenvalue weighted by molar-refractivity contribution is 0.0980. The molecule has 0 saturated carbocycles. The van der Waals surface area contributed by atoms with Crippen LogP contribution in [0.4, 0.5) is 15.9 Å². The Balaban J connectivity index is 1.89. The first kappa shape index (κ1) is 20.1. The third-order valence-electron chi connectivity index (χ3n) is 3.82. The smallest absolute Gasteiger partial charge is 0.191 e. The molecule has 0 bridgehead atoms. The lowest BCUT2D eigenvalue weighted by Crippen LogP contribution is -2.10. The van der Waals surface area contributed by atoms with Gasteiger partial charge in [-0.15, -0.1) is 0 Å².